The number of nitrogens with one attached hydrogen (secondary N) is 1. The maximum atomic E-state index is 13.3. The molecule has 2 bridgehead atoms. The minimum atomic E-state index is -0.666. The Morgan fingerprint density at radius 3 is 2.93 bits per heavy atom. The number of benzene rings is 1. The van der Waals surface area contributed by atoms with Crippen molar-refractivity contribution in [3.8, 4) is 5.75 Å². The van der Waals surface area contributed by atoms with Crippen LogP contribution < -0.4 is 10.1 Å². The molecular formula is C22H28N2O4. The van der Waals surface area contributed by atoms with Crippen LogP contribution >= 0.6 is 0 Å². The molecule has 1 spiro atoms. The first kappa shape index (κ1) is 18.0. The van der Waals surface area contributed by atoms with Gasteiger partial charge in [0.15, 0.2) is 5.72 Å². The summed E-state index contributed by atoms with van der Waals surface area (Å²) in [6, 6.07) is 7.40. The molecule has 0 radical (unpaired) electrons. The van der Waals surface area contributed by atoms with Crippen LogP contribution in [-0.4, -0.2) is 47.2 Å². The topological polar surface area (TPSA) is 78.9 Å². The molecule has 6 heteroatoms. The van der Waals surface area contributed by atoms with Gasteiger partial charge in [0.05, 0.1) is 5.56 Å². The summed E-state index contributed by atoms with van der Waals surface area (Å²) >= 11 is 0. The van der Waals surface area contributed by atoms with Gasteiger partial charge < -0.3 is 20.1 Å². The quantitative estimate of drug-likeness (QED) is 0.819. The lowest BCUT2D eigenvalue weighted by Crippen LogP contribution is -2.67. The van der Waals surface area contributed by atoms with Crippen LogP contribution in [0.1, 0.15) is 48.9 Å². The monoisotopic (exact) mass is 384 g/mol. The largest absolute Gasteiger partial charge is 0.467 e. The highest BCUT2D eigenvalue weighted by Gasteiger charge is 2.57. The van der Waals surface area contributed by atoms with Crippen LogP contribution in [0.25, 0.3) is 0 Å². The van der Waals surface area contributed by atoms with Crippen LogP contribution in [0.5, 0.6) is 5.75 Å². The van der Waals surface area contributed by atoms with Crippen molar-refractivity contribution < 1.29 is 19.4 Å². The van der Waals surface area contributed by atoms with Gasteiger partial charge >= 0.3 is 0 Å². The highest BCUT2D eigenvalue weighted by Crippen LogP contribution is 2.52. The summed E-state index contributed by atoms with van der Waals surface area (Å²) in [6.07, 6.45) is 5.44. The second-order valence-corrected chi connectivity index (χ2v) is 9.00. The maximum Gasteiger partial charge on any atom is 0.258 e. The number of fused-ring (bicyclic) bond motifs is 3. The molecule has 1 saturated heterocycles. The summed E-state index contributed by atoms with van der Waals surface area (Å²) in [7, 11) is 0. The minimum Gasteiger partial charge on any atom is -0.467 e. The Bertz CT molecular complexity index is 796. The average Bonchev–Trinajstić information content (AvgIpc) is 2.73. The molecule has 3 aliphatic carbocycles. The molecule has 2 aliphatic heterocycles. The first-order valence-electron chi connectivity index (χ1n) is 10.6. The molecule has 4 fully saturated rings. The molecule has 2 heterocycles. The fourth-order valence-corrected chi connectivity index (χ4v) is 5.91. The summed E-state index contributed by atoms with van der Waals surface area (Å²) in [5.41, 5.74) is -0.0775. The van der Waals surface area contributed by atoms with Crippen LogP contribution in [0.3, 0.4) is 0 Å². The number of rotatable bonds is 2. The number of aliphatic hydroxyl groups is 1. The zero-order chi connectivity index (χ0) is 19.3. The van der Waals surface area contributed by atoms with Gasteiger partial charge in [-0.05, 0) is 56.1 Å². The van der Waals surface area contributed by atoms with Crippen molar-refractivity contribution in [3.05, 3.63) is 29.8 Å². The second-order valence-electron chi connectivity index (χ2n) is 9.00. The number of ether oxygens (including phenoxy) is 1. The van der Waals surface area contributed by atoms with E-state index in [0.29, 0.717) is 24.3 Å². The smallest absolute Gasteiger partial charge is 0.258 e. The first-order chi connectivity index (χ1) is 13.6. The van der Waals surface area contributed by atoms with Crippen molar-refractivity contribution in [2.45, 2.75) is 44.2 Å². The fraction of sp³-hybridized carbons (Fsp3) is 0.636. The van der Waals surface area contributed by atoms with Crippen molar-refractivity contribution >= 4 is 11.8 Å². The van der Waals surface area contributed by atoms with Crippen LogP contribution in [-0.2, 0) is 4.79 Å². The number of nitrogens with zero attached hydrogens (tertiary/aromatic N) is 1. The molecular weight excluding hydrogens is 356 g/mol. The summed E-state index contributed by atoms with van der Waals surface area (Å²) in [4.78, 5) is 27.9. The summed E-state index contributed by atoms with van der Waals surface area (Å²) in [5, 5.41) is 12.6. The lowest BCUT2D eigenvalue weighted by Gasteiger charge is -2.55. The van der Waals surface area contributed by atoms with E-state index in [1.165, 1.54) is 0 Å². The number of carbonyl (C=O) groups is 2. The van der Waals surface area contributed by atoms with Gasteiger partial charge in [0.25, 0.3) is 5.91 Å². The molecule has 3 saturated carbocycles. The number of para-hydroxylation sites is 1. The van der Waals surface area contributed by atoms with E-state index < -0.39 is 5.72 Å². The van der Waals surface area contributed by atoms with Gasteiger partial charge in [-0.1, -0.05) is 12.1 Å². The Hall–Kier alpha value is -2.08. The van der Waals surface area contributed by atoms with Gasteiger partial charge in [0.1, 0.15) is 5.75 Å². The molecule has 2 N–H and O–H groups in total. The lowest BCUT2D eigenvalue weighted by atomic mass is 9.59. The number of likely N-dealkylation sites (tertiary alicyclic amines) is 1. The molecule has 6 nitrogen and oxygen atoms in total. The molecule has 5 aliphatic rings. The number of amides is 2. The highest BCUT2D eigenvalue weighted by molar-refractivity contribution is 5.98. The van der Waals surface area contributed by atoms with E-state index in [9.17, 15) is 14.7 Å². The predicted molar refractivity (Wildman–Crippen MR) is 103 cm³/mol. The fourth-order valence-electron chi connectivity index (χ4n) is 5.91. The highest BCUT2D eigenvalue weighted by atomic mass is 16.5. The second kappa shape index (κ2) is 6.76. The van der Waals surface area contributed by atoms with E-state index in [0.717, 1.165) is 38.6 Å². The van der Waals surface area contributed by atoms with Crippen LogP contribution in [0.4, 0.5) is 0 Å². The van der Waals surface area contributed by atoms with E-state index in [2.05, 4.69) is 5.32 Å². The molecule has 1 aromatic carbocycles. The summed E-state index contributed by atoms with van der Waals surface area (Å²) in [6.45, 7) is 1.63. The molecule has 150 valence electrons. The first-order valence-corrected chi connectivity index (χ1v) is 10.6. The molecule has 2 amide bonds. The van der Waals surface area contributed by atoms with Crippen LogP contribution in [0.15, 0.2) is 24.3 Å². The van der Waals surface area contributed by atoms with E-state index >= 15 is 0 Å². The van der Waals surface area contributed by atoms with Gasteiger partial charge in [-0.15, -0.1) is 0 Å². The van der Waals surface area contributed by atoms with Crippen molar-refractivity contribution in [1.29, 1.82) is 0 Å². The molecule has 0 aromatic heterocycles. The zero-order valence-corrected chi connectivity index (χ0v) is 16.1. The average molecular weight is 384 g/mol. The van der Waals surface area contributed by atoms with Gasteiger partial charge in [-0.3, -0.25) is 9.59 Å². The number of aliphatic hydroxyl groups excluding tert-OH is 1. The molecule has 1 aromatic rings. The number of hydrogen-bond acceptors (Lipinski definition) is 4. The molecule has 28 heavy (non-hydrogen) atoms. The van der Waals surface area contributed by atoms with Gasteiger partial charge in [-0.2, -0.15) is 0 Å². The summed E-state index contributed by atoms with van der Waals surface area (Å²) < 4.78 is 6.38. The number of carbonyl (C=O) groups excluding carboxylic acids is 2. The van der Waals surface area contributed by atoms with Crippen LogP contribution in [0.2, 0.25) is 0 Å². The Morgan fingerprint density at radius 1 is 1.29 bits per heavy atom. The third kappa shape index (κ3) is 2.81. The van der Waals surface area contributed by atoms with Crippen molar-refractivity contribution in [2.75, 3.05) is 19.7 Å². The van der Waals surface area contributed by atoms with E-state index in [1.807, 2.05) is 23.1 Å². The molecule has 0 unspecified atom stereocenters. The minimum absolute atomic E-state index is 0.0134. The van der Waals surface area contributed by atoms with Crippen LogP contribution in [0, 0.1) is 23.7 Å². The SMILES string of the molecule is O=C1N[C@]2(C[C@H]3CC[C@H]2C[C@H]3C(=O)N2CCC[C@H](CO)C2)Oc2ccccc21. The number of hydrogen-bond donors (Lipinski definition) is 2. The number of piperidine rings is 1. The molecule has 6 rings (SSSR count). The van der Waals surface area contributed by atoms with Gasteiger partial charge in [-0.25, -0.2) is 0 Å². The third-order valence-electron chi connectivity index (χ3n) is 7.37. The van der Waals surface area contributed by atoms with Crippen molar-refractivity contribution in [2.24, 2.45) is 23.7 Å². The Morgan fingerprint density at radius 2 is 2.14 bits per heavy atom. The van der Waals surface area contributed by atoms with E-state index in [-0.39, 0.29) is 42.1 Å². The standard InChI is InChI=1S/C22H28N2O4/c25-13-14-4-3-9-24(12-14)21(27)18-10-16-8-7-15(18)11-22(16)23-20(26)17-5-1-2-6-19(17)28-22/h1-2,5-6,14-16,18,25H,3-4,7-13H2,(H,23,26)/t14-,15+,16-,18+,22+/m0/s1. The van der Waals surface area contributed by atoms with E-state index in [1.54, 1.807) is 6.07 Å². The Balaban J connectivity index is 1.34. The lowest BCUT2D eigenvalue weighted by molar-refractivity contribution is -0.157. The third-order valence-corrected chi connectivity index (χ3v) is 7.37. The zero-order valence-electron chi connectivity index (χ0n) is 16.1. The van der Waals surface area contributed by atoms with Crippen molar-refractivity contribution in [1.82, 2.24) is 10.2 Å². The summed E-state index contributed by atoms with van der Waals surface area (Å²) in [5.74, 6) is 1.44. The Labute approximate surface area is 165 Å². The van der Waals surface area contributed by atoms with Gasteiger partial charge in [0, 0.05) is 38.0 Å². The Kier molecular flexibility index (Phi) is 4.34. The van der Waals surface area contributed by atoms with Gasteiger partial charge in [0.2, 0.25) is 5.91 Å². The van der Waals surface area contributed by atoms with Crippen molar-refractivity contribution in [3.63, 3.8) is 0 Å². The normalized spacial score (nSPS) is 36.6. The maximum absolute atomic E-state index is 13.3. The van der Waals surface area contributed by atoms with E-state index in [4.69, 9.17) is 4.74 Å². The molecule has 5 atom stereocenters. The predicted octanol–water partition coefficient (Wildman–Crippen LogP) is 2.17.